The number of anilines is 1. The SMILES string of the molecule is CN1C(=O)Cc2cc(CN3CCCC3C(=O)O)ccc21. The van der Waals surface area contributed by atoms with Crippen LogP contribution in [0.4, 0.5) is 5.69 Å². The van der Waals surface area contributed by atoms with E-state index in [0.29, 0.717) is 13.0 Å². The first-order chi connectivity index (χ1) is 9.56. The van der Waals surface area contributed by atoms with Crippen LogP contribution < -0.4 is 4.90 Å². The van der Waals surface area contributed by atoms with Crippen LogP contribution in [0.15, 0.2) is 18.2 Å². The topological polar surface area (TPSA) is 60.9 Å². The highest BCUT2D eigenvalue weighted by Crippen LogP contribution is 2.29. The van der Waals surface area contributed by atoms with Crippen LogP contribution in [0.2, 0.25) is 0 Å². The molecule has 1 amide bonds. The quantitative estimate of drug-likeness (QED) is 0.901. The number of carbonyl (C=O) groups is 2. The van der Waals surface area contributed by atoms with E-state index in [0.717, 1.165) is 36.2 Å². The van der Waals surface area contributed by atoms with Gasteiger partial charge in [0.1, 0.15) is 6.04 Å². The van der Waals surface area contributed by atoms with Gasteiger partial charge in [0.25, 0.3) is 0 Å². The van der Waals surface area contributed by atoms with E-state index in [4.69, 9.17) is 0 Å². The first-order valence-corrected chi connectivity index (χ1v) is 6.91. The monoisotopic (exact) mass is 274 g/mol. The molecule has 1 atom stereocenters. The smallest absolute Gasteiger partial charge is 0.320 e. The molecule has 5 heteroatoms. The van der Waals surface area contributed by atoms with Crippen LogP contribution in [0, 0.1) is 0 Å². The van der Waals surface area contributed by atoms with Crippen molar-refractivity contribution in [2.24, 2.45) is 0 Å². The zero-order chi connectivity index (χ0) is 14.3. The lowest BCUT2D eigenvalue weighted by Crippen LogP contribution is -2.35. The lowest BCUT2D eigenvalue weighted by Gasteiger charge is -2.21. The first kappa shape index (κ1) is 13.1. The summed E-state index contributed by atoms with van der Waals surface area (Å²) in [6.45, 7) is 1.47. The van der Waals surface area contributed by atoms with E-state index in [2.05, 4.69) is 0 Å². The molecule has 1 unspecified atom stereocenters. The number of carbonyl (C=O) groups excluding carboxylic acids is 1. The normalized spacial score (nSPS) is 22.4. The maximum Gasteiger partial charge on any atom is 0.320 e. The van der Waals surface area contributed by atoms with Gasteiger partial charge in [0.2, 0.25) is 5.91 Å². The summed E-state index contributed by atoms with van der Waals surface area (Å²) in [6.07, 6.45) is 2.10. The van der Waals surface area contributed by atoms with Crippen molar-refractivity contribution in [1.29, 1.82) is 0 Å². The predicted octanol–water partition coefficient (Wildman–Crippen LogP) is 1.25. The highest BCUT2D eigenvalue weighted by molar-refractivity contribution is 6.00. The van der Waals surface area contributed by atoms with Crippen molar-refractivity contribution in [1.82, 2.24) is 4.90 Å². The number of likely N-dealkylation sites (tertiary alicyclic amines) is 1. The standard InChI is InChI=1S/C15H18N2O3/c1-16-12-5-4-10(7-11(12)8-14(16)18)9-17-6-2-3-13(17)15(19)20/h4-5,7,13H,2-3,6,8-9H2,1H3,(H,19,20). The lowest BCUT2D eigenvalue weighted by molar-refractivity contribution is -0.142. The molecule has 0 radical (unpaired) electrons. The summed E-state index contributed by atoms with van der Waals surface area (Å²) in [5, 5.41) is 9.19. The Kier molecular flexibility index (Phi) is 3.22. The average molecular weight is 274 g/mol. The van der Waals surface area contributed by atoms with Crippen LogP contribution >= 0.6 is 0 Å². The number of carboxylic acid groups (broad SMARTS) is 1. The van der Waals surface area contributed by atoms with E-state index in [9.17, 15) is 14.7 Å². The maximum absolute atomic E-state index is 11.7. The van der Waals surface area contributed by atoms with Crippen molar-refractivity contribution in [2.75, 3.05) is 18.5 Å². The summed E-state index contributed by atoms with van der Waals surface area (Å²) >= 11 is 0. The average Bonchev–Trinajstić information content (AvgIpc) is 2.96. The van der Waals surface area contributed by atoms with Crippen molar-refractivity contribution in [3.63, 3.8) is 0 Å². The highest BCUT2D eigenvalue weighted by Gasteiger charge is 2.31. The molecule has 20 heavy (non-hydrogen) atoms. The molecule has 0 saturated carbocycles. The number of nitrogens with zero attached hydrogens (tertiary/aromatic N) is 2. The van der Waals surface area contributed by atoms with Crippen molar-refractivity contribution < 1.29 is 14.7 Å². The van der Waals surface area contributed by atoms with Gasteiger partial charge in [-0.25, -0.2) is 0 Å². The fourth-order valence-electron chi connectivity index (χ4n) is 3.15. The lowest BCUT2D eigenvalue weighted by atomic mass is 10.1. The molecule has 2 aliphatic heterocycles. The zero-order valence-electron chi connectivity index (χ0n) is 11.5. The number of aliphatic carboxylic acids is 1. The van der Waals surface area contributed by atoms with Gasteiger partial charge in [0.05, 0.1) is 6.42 Å². The highest BCUT2D eigenvalue weighted by atomic mass is 16.4. The Balaban J connectivity index is 1.78. The van der Waals surface area contributed by atoms with Crippen LogP contribution in [-0.2, 0) is 22.6 Å². The second kappa shape index (κ2) is 4.90. The second-order valence-corrected chi connectivity index (χ2v) is 5.56. The molecule has 0 spiro atoms. The number of likely N-dealkylation sites (N-methyl/N-ethyl adjacent to an activating group) is 1. The molecule has 106 valence electrons. The van der Waals surface area contributed by atoms with Crippen molar-refractivity contribution in [3.05, 3.63) is 29.3 Å². The number of rotatable bonds is 3. The van der Waals surface area contributed by atoms with Crippen molar-refractivity contribution in [2.45, 2.75) is 31.8 Å². The van der Waals surface area contributed by atoms with E-state index >= 15 is 0 Å². The molecule has 1 fully saturated rings. The van der Waals surface area contributed by atoms with Crippen LogP contribution in [0.1, 0.15) is 24.0 Å². The van der Waals surface area contributed by atoms with Gasteiger partial charge >= 0.3 is 5.97 Å². The Bertz CT molecular complexity index is 570. The van der Waals surface area contributed by atoms with Gasteiger partial charge in [-0.2, -0.15) is 0 Å². The molecule has 1 saturated heterocycles. The Morgan fingerprint density at radius 2 is 2.25 bits per heavy atom. The summed E-state index contributed by atoms with van der Waals surface area (Å²) < 4.78 is 0. The van der Waals surface area contributed by atoms with Crippen molar-refractivity contribution in [3.8, 4) is 0 Å². The Morgan fingerprint density at radius 1 is 1.45 bits per heavy atom. The van der Waals surface area contributed by atoms with E-state index in [1.807, 2.05) is 23.1 Å². The molecule has 5 nitrogen and oxygen atoms in total. The third-order valence-electron chi connectivity index (χ3n) is 4.26. The molecule has 2 aliphatic rings. The maximum atomic E-state index is 11.7. The number of amides is 1. The molecule has 0 aliphatic carbocycles. The van der Waals surface area contributed by atoms with Crippen molar-refractivity contribution >= 4 is 17.6 Å². The van der Waals surface area contributed by atoms with Gasteiger partial charge in [0, 0.05) is 19.3 Å². The third kappa shape index (κ3) is 2.18. The van der Waals surface area contributed by atoms with Crippen LogP contribution in [-0.4, -0.2) is 41.5 Å². The summed E-state index contributed by atoms with van der Waals surface area (Å²) in [4.78, 5) is 26.5. The zero-order valence-corrected chi connectivity index (χ0v) is 11.5. The summed E-state index contributed by atoms with van der Waals surface area (Å²) in [5.74, 6) is -0.625. The largest absolute Gasteiger partial charge is 0.480 e. The molecule has 1 aromatic rings. The van der Waals surface area contributed by atoms with E-state index in [1.54, 1.807) is 11.9 Å². The van der Waals surface area contributed by atoms with Gasteiger partial charge < -0.3 is 10.0 Å². The number of hydrogen-bond donors (Lipinski definition) is 1. The Hall–Kier alpha value is -1.88. The number of fused-ring (bicyclic) bond motifs is 1. The fourth-order valence-corrected chi connectivity index (χ4v) is 3.15. The summed E-state index contributed by atoms with van der Waals surface area (Å²) in [7, 11) is 1.79. The fraction of sp³-hybridized carbons (Fsp3) is 0.467. The van der Waals surface area contributed by atoms with Crippen LogP contribution in [0.5, 0.6) is 0 Å². The third-order valence-corrected chi connectivity index (χ3v) is 4.26. The Labute approximate surface area is 117 Å². The first-order valence-electron chi connectivity index (χ1n) is 6.91. The molecule has 2 heterocycles. The molecular formula is C15H18N2O3. The van der Waals surface area contributed by atoms with Gasteiger partial charge in [0.15, 0.2) is 0 Å². The van der Waals surface area contributed by atoms with E-state index in [1.165, 1.54) is 0 Å². The number of carboxylic acids is 1. The Morgan fingerprint density at radius 3 is 3.00 bits per heavy atom. The molecular weight excluding hydrogens is 256 g/mol. The number of benzene rings is 1. The van der Waals surface area contributed by atoms with E-state index in [-0.39, 0.29) is 11.9 Å². The second-order valence-electron chi connectivity index (χ2n) is 5.56. The predicted molar refractivity (Wildman–Crippen MR) is 74.6 cm³/mol. The van der Waals surface area contributed by atoms with Gasteiger partial charge in [-0.1, -0.05) is 12.1 Å². The number of hydrogen-bond acceptors (Lipinski definition) is 3. The van der Waals surface area contributed by atoms with Crippen LogP contribution in [0.25, 0.3) is 0 Å². The summed E-state index contributed by atoms with van der Waals surface area (Å²) in [5.41, 5.74) is 3.09. The molecule has 0 aromatic heterocycles. The minimum atomic E-state index is -0.737. The van der Waals surface area contributed by atoms with Gasteiger partial charge in [-0.15, -0.1) is 0 Å². The molecule has 1 aromatic carbocycles. The molecule has 0 bridgehead atoms. The minimum absolute atomic E-state index is 0.113. The van der Waals surface area contributed by atoms with Gasteiger partial charge in [-0.3, -0.25) is 14.5 Å². The summed E-state index contributed by atoms with van der Waals surface area (Å²) in [6, 6.07) is 5.62. The minimum Gasteiger partial charge on any atom is -0.480 e. The van der Waals surface area contributed by atoms with E-state index < -0.39 is 5.97 Å². The van der Waals surface area contributed by atoms with Crippen LogP contribution in [0.3, 0.4) is 0 Å². The molecule has 1 N–H and O–H groups in total. The van der Waals surface area contributed by atoms with Gasteiger partial charge in [-0.05, 0) is 36.6 Å². The molecule has 3 rings (SSSR count).